The van der Waals surface area contributed by atoms with Gasteiger partial charge in [0.25, 0.3) is 5.91 Å². The van der Waals surface area contributed by atoms with Gasteiger partial charge in [-0.1, -0.05) is 29.8 Å². The van der Waals surface area contributed by atoms with Crippen molar-refractivity contribution in [3.63, 3.8) is 0 Å². The molecule has 4 amide bonds. The number of likely N-dealkylation sites (tertiary alicyclic amines) is 2. The van der Waals surface area contributed by atoms with Crippen LogP contribution in [-0.2, 0) is 28.7 Å². The van der Waals surface area contributed by atoms with E-state index in [0.717, 1.165) is 56.1 Å². The van der Waals surface area contributed by atoms with E-state index in [0.29, 0.717) is 57.4 Å². The number of ether oxygens (including phenoxy) is 1. The molecule has 4 N–H and O–H groups in total. The fraction of sp³-hybridized carbons (Fsp3) is 0.559. The first-order valence-corrected chi connectivity index (χ1v) is 17.1. The number of rotatable bonds is 6. The monoisotopic (exact) mass is 690 g/mol. The number of hydrogen-bond donors (Lipinski definition) is 3. The predicted molar refractivity (Wildman–Crippen MR) is 175 cm³/mol. The summed E-state index contributed by atoms with van der Waals surface area (Å²) in [4.78, 5) is 45.2. The molecule has 0 radical (unpaired) electrons. The van der Waals surface area contributed by atoms with Crippen LogP contribution in [0.15, 0.2) is 36.4 Å². The van der Waals surface area contributed by atoms with Crippen LogP contribution in [0.3, 0.4) is 0 Å². The van der Waals surface area contributed by atoms with Crippen molar-refractivity contribution >= 4 is 41.0 Å². The molecule has 2 aromatic carbocycles. The fourth-order valence-electron chi connectivity index (χ4n) is 7.60. The number of benzene rings is 2. The summed E-state index contributed by atoms with van der Waals surface area (Å²) >= 11 is 6.10. The first-order chi connectivity index (χ1) is 23.0. The normalized spacial score (nSPS) is 20.7. The lowest BCUT2D eigenvalue weighted by Crippen LogP contribution is -2.52. The molecule has 1 atom stereocenters. The molecule has 48 heavy (non-hydrogen) atoms. The molecule has 0 aliphatic carbocycles. The molecule has 2 aromatic rings. The Morgan fingerprint density at radius 1 is 0.958 bits per heavy atom. The van der Waals surface area contributed by atoms with E-state index in [1.165, 1.54) is 11.0 Å². The number of carbonyl (C=O) groups excluding carboxylic acids is 3. The quantitative estimate of drug-likeness (QED) is 0.333. The number of amides is 4. The summed E-state index contributed by atoms with van der Waals surface area (Å²) in [6.07, 6.45) is -2.24. The van der Waals surface area contributed by atoms with E-state index in [-0.39, 0.29) is 29.1 Å². The zero-order valence-corrected chi connectivity index (χ0v) is 27.5. The number of fused-ring (bicyclic) bond motifs is 1. The van der Waals surface area contributed by atoms with Crippen LogP contribution >= 0.6 is 11.6 Å². The molecule has 10 nitrogen and oxygen atoms in total. The van der Waals surface area contributed by atoms with E-state index in [2.05, 4.69) is 10.6 Å². The molecule has 4 heterocycles. The van der Waals surface area contributed by atoms with Gasteiger partial charge in [0.15, 0.2) is 6.10 Å². The van der Waals surface area contributed by atoms with Crippen LogP contribution in [0.2, 0.25) is 5.02 Å². The highest BCUT2D eigenvalue weighted by Gasteiger charge is 2.38. The second-order valence-corrected chi connectivity index (χ2v) is 13.7. The number of alkyl halides is 3. The molecule has 0 bridgehead atoms. The number of urea groups is 1. The Kier molecular flexibility index (Phi) is 10.3. The standard InChI is InChI=1S/C34H42ClF3N6O4/c35-27-18-21(17-26(30(27)39)34(36,37)38)19-29(31(45)42-13-7-23(8-14-42)22-5-11-40-12-6-22)48-33(47)43-15-9-25(10-16-43)44-20-24-3-1-2-4-28(24)41-32(44)46/h1-4,17-18,22-23,25,29,40H,5-16,19-20,39H2,(H,41,46). The van der Waals surface area contributed by atoms with Crippen molar-refractivity contribution < 1.29 is 32.3 Å². The number of nitrogen functional groups attached to an aromatic ring is 1. The van der Waals surface area contributed by atoms with E-state index < -0.39 is 35.5 Å². The number of halogens is 4. The van der Waals surface area contributed by atoms with Crippen molar-refractivity contribution in [1.29, 1.82) is 0 Å². The first kappa shape index (κ1) is 34.2. The Bertz CT molecular complexity index is 1500. The van der Waals surface area contributed by atoms with Crippen LogP contribution in [0.1, 0.15) is 55.2 Å². The molecular formula is C34H42ClF3N6O4. The second kappa shape index (κ2) is 14.4. The van der Waals surface area contributed by atoms with E-state index in [1.807, 2.05) is 24.3 Å². The van der Waals surface area contributed by atoms with Gasteiger partial charge < -0.3 is 35.8 Å². The largest absolute Gasteiger partial charge is 0.436 e. The number of nitrogens with zero attached hydrogens (tertiary/aromatic N) is 3. The maximum atomic E-state index is 13.9. The van der Waals surface area contributed by atoms with Crippen LogP contribution in [0.25, 0.3) is 0 Å². The molecule has 6 rings (SSSR count). The Morgan fingerprint density at radius 3 is 2.29 bits per heavy atom. The number of anilines is 2. The zero-order valence-electron chi connectivity index (χ0n) is 26.7. The number of nitrogens with one attached hydrogen (secondary N) is 2. The Labute approximate surface area is 283 Å². The van der Waals surface area contributed by atoms with Gasteiger partial charge in [0, 0.05) is 50.9 Å². The molecule has 4 aliphatic heterocycles. The first-order valence-electron chi connectivity index (χ1n) is 16.7. The second-order valence-electron chi connectivity index (χ2n) is 13.3. The summed E-state index contributed by atoms with van der Waals surface area (Å²) < 4.78 is 47.1. The van der Waals surface area contributed by atoms with Gasteiger partial charge in [-0.25, -0.2) is 9.59 Å². The van der Waals surface area contributed by atoms with Crippen molar-refractivity contribution in [2.75, 3.05) is 50.3 Å². The molecule has 0 saturated carbocycles. The van der Waals surface area contributed by atoms with Crippen molar-refractivity contribution in [3.05, 3.63) is 58.1 Å². The van der Waals surface area contributed by atoms with Crippen LogP contribution in [0.5, 0.6) is 0 Å². The minimum Gasteiger partial charge on any atom is -0.436 e. The molecular weight excluding hydrogens is 649 g/mol. The van der Waals surface area contributed by atoms with Crippen LogP contribution in [0.4, 0.5) is 34.1 Å². The zero-order chi connectivity index (χ0) is 34.0. The summed E-state index contributed by atoms with van der Waals surface area (Å²) in [5.74, 6) is 0.662. The van der Waals surface area contributed by atoms with Crippen molar-refractivity contribution in [2.24, 2.45) is 11.8 Å². The topological polar surface area (TPSA) is 120 Å². The maximum Gasteiger partial charge on any atom is 0.418 e. The van der Waals surface area contributed by atoms with Gasteiger partial charge in [0.2, 0.25) is 0 Å². The third kappa shape index (κ3) is 7.62. The van der Waals surface area contributed by atoms with Crippen molar-refractivity contribution in [1.82, 2.24) is 20.0 Å². The van der Waals surface area contributed by atoms with Crippen molar-refractivity contribution in [2.45, 2.75) is 69.8 Å². The van der Waals surface area contributed by atoms with Gasteiger partial charge in [-0.3, -0.25) is 4.79 Å². The lowest BCUT2D eigenvalue weighted by atomic mass is 9.79. The van der Waals surface area contributed by atoms with Crippen LogP contribution in [-0.4, -0.2) is 84.1 Å². The minimum atomic E-state index is -4.76. The molecule has 3 fully saturated rings. The van der Waals surface area contributed by atoms with Crippen LogP contribution < -0.4 is 16.4 Å². The highest BCUT2D eigenvalue weighted by molar-refractivity contribution is 6.33. The lowest BCUT2D eigenvalue weighted by Gasteiger charge is -2.41. The van der Waals surface area contributed by atoms with E-state index >= 15 is 0 Å². The molecule has 260 valence electrons. The number of piperidine rings is 3. The third-order valence-electron chi connectivity index (χ3n) is 10.4. The Hall–Kier alpha value is -3.71. The number of para-hydroxylation sites is 1. The fourth-order valence-corrected chi connectivity index (χ4v) is 7.85. The Morgan fingerprint density at radius 2 is 1.60 bits per heavy atom. The maximum absolute atomic E-state index is 13.9. The minimum absolute atomic E-state index is 0.0902. The van der Waals surface area contributed by atoms with Gasteiger partial charge in [-0.2, -0.15) is 13.2 Å². The van der Waals surface area contributed by atoms with Crippen LogP contribution in [0, 0.1) is 11.8 Å². The average Bonchev–Trinajstić information content (AvgIpc) is 3.09. The van der Waals surface area contributed by atoms with Crippen molar-refractivity contribution in [3.8, 4) is 0 Å². The highest BCUT2D eigenvalue weighted by atomic mass is 35.5. The third-order valence-corrected chi connectivity index (χ3v) is 10.7. The molecule has 0 spiro atoms. The summed E-state index contributed by atoms with van der Waals surface area (Å²) in [6, 6.07) is 9.48. The summed E-state index contributed by atoms with van der Waals surface area (Å²) in [7, 11) is 0. The summed E-state index contributed by atoms with van der Waals surface area (Å²) in [5, 5.41) is 6.02. The van der Waals surface area contributed by atoms with E-state index in [4.69, 9.17) is 22.1 Å². The predicted octanol–water partition coefficient (Wildman–Crippen LogP) is 5.74. The highest BCUT2D eigenvalue weighted by Crippen LogP contribution is 2.38. The van der Waals surface area contributed by atoms with Gasteiger partial charge in [0.05, 0.1) is 16.3 Å². The summed E-state index contributed by atoms with van der Waals surface area (Å²) in [6.45, 7) is 4.01. The van der Waals surface area contributed by atoms with E-state index in [9.17, 15) is 27.6 Å². The number of nitrogens with two attached hydrogens (primary N) is 1. The molecule has 4 aliphatic rings. The summed E-state index contributed by atoms with van der Waals surface area (Å²) in [5.41, 5.74) is 5.84. The van der Waals surface area contributed by atoms with Gasteiger partial charge in [-0.05, 0) is 92.8 Å². The molecule has 3 saturated heterocycles. The molecule has 14 heteroatoms. The molecule has 1 unspecified atom stereocenters. The van der Waals surface area contributed by atoms with Gasteiger partial charge in [0.1, 0.15) is 0 Å². The van der Waals surface area contributed by atoms with E-state index in [1.54, 1.807) is 9.80 Å². The molecule has 0 aromatic heterocycles. The smallest absolute Gasteiger partial charge is 0.418 e. The van der Waals surface area contributed by atoms with Gasteiger partial charge in [-0.15, -0.1) is 0 Å². The Balaban J connectivity index is 1.13. The lowest BCUT2D eigenvalue weighted by molar-refractivity contribution is -0.142. The average molecular weight is 691 g/mol. The SMILES string of the molecule is Nc1c(Cl)cc(CC(OC(=O)N2CCC(N3Cc4ccccc4NC3=O)CC2)C(=O)N2CCC(C3CCNCC3)CC2)cc1C(F)(F)F. The number of hydrogen-bond acceptors (Lipinski definition) is 6. The van der Waals surface area contributed by atoms with Gasteiger partial charge >= 0.3 is 18.3 Å². The number of carbonyl (C=O) groups is 3.